The first-order valence-corrected chi connectivity index (χ1v) is 6.61. The van der Waals surface area contributed by atoms with Gasteiger partial charge in [-0.15, -0.1) is 0 Å². The second kappa shape index (κ2) is 7.70. The van der Waals surface area contributed by atoms with Crippen LogP contribution in [-0.2, 0) is 17.6 Å². The highest BCUT2D eigenvalue weighted by Gasteiger charge is 1.99. The molecule has 1 aromatic carbocycles. The van der Waals surface area contributed by atoms with Crippen molar-refractivity contribution in [3.05, 3.63) is 47.0 Å². The standard InChI is InChI=1S/C16H22O2/c1-3-4-7-14-9-11-15(12-10-14)8-5-6-13(2)16(17)18/h6,9-12H,3-5,7-8H2,1-2H3,(H,17,18). The van der Waals surface area contributed by atoms with Crippen molar-refractivity contribution in [2.75, 3.05) is 0 Å². The van der Waals surface area contributed by atoms with Gasteiger partial charge in [-0.05, 0) is 43.7 Å². The Bertz CT molecular complexity index is 402. The minimum atomic E-state index is -0.829. The van der Waals surface area contributed by atoms with Gasteiger partial charge < -0.3 is 5.11 Å². The number of benzene rings is 1. The summed E-state index contributed by atoms with van der Waals surface area (Å²) in [6, 6.07) is 8.65. The molecule has 2 nitrogen and oxygen atoms in total. The van der Waals surface area contributed by atoms with Crippen molar-refractivity contribution in [1.29, 1.82) is 0 Å². The first-order valence-electron chi connectivity index (χ1n) is 6.61. The predicted octanol–water partition coefficient (Wildman–Crippen LogP) is 3.99. The molecule has 0 bridgehead atoms. The van der Waals surface area contributed by atoms with Crippen molar-refractivity contribution < 1.29 is 9.90 Å². The monoisotopic (exact) mass is 246 g/mol. The molecule has 1 aromatic rings. The zero-order valence-corrected chi connectivity index (χ0v) is 11.3. The highest BCUT2D eigenvalue weighted by Crippen LogP contribution is 2.10. The molecule has 0 saturated heterocycles. The predicted molar refractivity (Wildman–Crippen MR) is 74.8 cm³/mol. The Balaban J connectivity index is 2.44. The maximum absolute atomic E-state index is 10.6. The topological polar surface area (TPSA) is 37.3 Å². The Kier molecular flexibility index (Phi) is 6.20. The molecule has 0 aliphatic heterocycles. The lowest BCUT2D eigenvalue weighted by Crippen LogP contribution is -1.96. The van der Waals surface area contributed by atoms with E-state index in [0.717, 1.165) is 19.3 Å². The van der Waals surface area contributed by atoms with E-state index in [4.69, 9.17) is 5.11 Å². The van der Waals surface area contributed by atoms with Gasteiger partial charge in [0.25, 0.3) is 0 Å². The number of rotatable bonds is 7. The van der Waals surface area contributed by atoms with E-state index in [1.54, 1.807) is 13.0 Å². The van der Waals surface area contributed by atoms with Crippen LogP contribution in [0.5, 0.6) is 0 Å². The molecule has 0 saturated carbocycles. The quantitative estimate of drug-likeness (QED) is 0.738. The molecule has 0 unspecified atom stereocenters. The SMILES string of the molecule is CCCCc1ccc(CCC=C(C)C(=O)O)cc1. The smallest absolute Gasteiger partial charge is 0.330 e. The molecule has 1 rings (SSSR count). The average Bonchev–Trinajstić information content (AvgIpc) is 2.37. The summed E-state index contributed by atoms with van der Waals surface area (Å²) in [6.07, 6.45) is 7.08. The van der Waals surface area contributed by atoms with Crippen molar-refractivity contribution in [2.45, 2.75) is 46.0 Å². The van der Waals surface area contributed by atoms with E-state index in [1.165, 1.54) is 24.0 Å². The van der Waals surface area contributed by atoms with Crippen molar-refractivity contribution in [3.8, 4) is 0 Å². The van der Waals surface area contributed by atoms with E-state index < -0.39 is 5.97 Å². The van der Waals surface area contributed by atoms with Gasteiger partial charge in [-0.1, -0.05) is 43.7 Å². The summed E-state index contributed by atoms with van der Waals surface area (Å²) < 4.78 is 0. The third-order valence-electron chi connectivity index (χ3n) is 3.06. The summed E-state index contributed by atoms with van der Waals surface area (Å²) in [6.45, 7) is 3.83. The van der Waals surface area contributed by atoms with Gasteiger partial charge in [-0.2, -0.15) is 0 Å². The van der Waals surface area contributed by atoms with Crippen LogP contribution in [0.25, 0.3) is 0 Å². The number of aliphatic carboxylic acids is 1. The lowest BCUT2D eigenvalue weighted by Gasteiger charge is -2.03. The van der Waals surface area contributed by atoms with E-state index in [-0.39, 0.29) is 0 Å². The zero-order chi connectivity index (χ0) is 13.4. The summed E-state index contributed by atoms with van der Waals surface area (Å²) in [4.78, 5) is 10.6. The van der Waals surface area contributed by atoms with Crippen LogP contribution >= 0.6 is 0 Å². The number of unbranched alkanes of at least 4 members (excludes halogenated alkanes) is 1. The number of carboxylic acids is 1. The fourth-order valence-electron chi connectivity index (χ4n) is 1.80. The highest BCUT2D eigenvalue weighted by molar-refractivity contribution is 5.85. The first-order chi connectivity index (χ1) is 8.63. The summed E-state index contributed by atoms with van der Waals surface area (Å²) in [5, 5.41) is 8.73. The van der Waals surface area contributed by atoms with Gasteiger partial charge in [0.2, 0.25) is 0 Å². The summed E-state index contributed by atoms with van der Waals surface area (Å²) in [5.74, 6) is -0.829. The van der Waals surface area contributed by atoms with E-state index in [2.05, 4.69) is 31.2 Å². The van der Waals surface area contributed by atoms with E-state index in [1.807, 2.05) is 0 Å². The minimum absolute atomic E-state index is 0.426. The number of allylic oxidation sites excluding steroid dienone is 1. The number of aryl methyl sites for hydroxylation is 2. The van der Waals surface area contributed by atoms with Crippen molar-refractivity contribution >= 4 is 5.97 Å². The molecule has 0 spiro atoms. The van der Waals surface area contributed by atoms with E-state index in [0.29, 0.717) is 5.57 Å². The lowest BCUT2D eigenvalue weighted by molar-refractivity contribution is -0.132. The van der Waals surface area contributed by atoms with Crippen LogP contribution < -0.4 is 0 Å². The van der Waals surface area contributed by atoms with E-state index in [9.17, 15) is 4.79 Å². The molecular formula is C16H22O2. The van der Waals surface area contributed by atoms with Gasteiger partial charge in [0.15, 0.2) is 0 Å². The Hall–Kier alpha value is -1.57. The number of carboxylic acid groups (broad SMARTS) is 1. The molecule has 0 fully saturated rings. The molecule has 0 radical (unpaired) electrons. The molecule has 1 N–H and O–H groups in total. The van der Waals surface area contributed by atoms with Crippen molar-refractivity contribution in [3.63, 3.8) is 0 Å². The molecular weight excluding hydrogens is 224 g/mol. The molecule has 0 amide bonds. The van der Waals surface area contributed by atoms with Crippen LogP contribution in [0.1, 0.15) is 44.2 Å². The molecule has 0 aliphatic rings. The summed E-state index contributed by atoms with van der Waals surface area (Å²) >= 11 is 0. The lowest BCUT2D eigenvalue weighted by atomic mass is 10.0. The summed E-state index contributed by atoms with van der Waals surface area (Å²) in [7, 11) is 0. The molecule has 0 atom stereocenters. The van der Waals surface area contributed by atoms with Crippen LogP contribution in [0.15, 0.2) is 35.9 Å². The third kappa shape index (κ3) is 5.17. The molecule has 0 heterocycles. The summed E-state index contributed by atoms with van der Waals surface area (Å²) in [5.41, 5.74) is 3.08. The van der Waals surface area contributed by atoms with E-state index >= 15 is 0 Å². The normalized spacial score (nSPS) is 11.6. The van der Waals surface area contributed by atoms with Gasteiger partial charge in [0.1, 0.15) is 0 Å². The Morgan fingerprint density at radius 1 is 1.17 bits per heavy atom. The van der Waals surface area contributed by atoms with Gasteiger partial charge in [-0.3, -0.25) is 0 Å². The Morgan fingerprint density at radius 3 is 2.22 bits per heavy atom. The van der Waals surface area contributed by atoms with Crippen molar-refractivity contribution in [1.82, 2.24) is 0 Å². The maximum atomic E-state index is 10.6. The van der Waals surface area contributed by atoms with Gasteiger partial charge >= 0.3 is 5.97 Å². The van der Waals surface area contributed by atoms with Crippen LogP contribution in [0, 0.1) is 0 Å². The molecule has 2 heteroatoms. The second-order valence-electron chi connectivity index (χ2n) is 4.65. The molecule has 0 aliphatic carbocycles. The number of hydrogen-bond acceptors (Lipinski definition) is 1. The molecule has 18 heavy (non-hydrogen) atoms. The average molecular weight is 246 g/mol. The minimum Gasteiger partial charge on any atom is -0.478 e. The van der Waals surface area contributed by atoms with Crippen LogP contribution in [0.4, 0.5) is 0 Å². The van der Waals surface area contributed by atoms with Gasteiger partial charge in [-0.25, -0.2) is 4.79 Å². The molecule has 0 aromatic heterocycles. The van der Waals surface area contributed by atoms with Gasteiger partial charge in [0, 0.05) is 5.57 Å². The second-order valence-corrected chi connectivity index (χ2v) is 4.65. The molecule has 98 valence electrons. The van der Waals surface area contributed by atoms with Crippen molar-refractivity contribution in [2.24, 2.45) is 0 Å². The number of hydrogen-bond donors (Lipinski definition) is 1. The van der Waals surface area contributed by atoms with Crippen LogP contribution in [-0.4, -0.2) is 11.1 Å². The number of carbonyl (C=O) groups is 1. The Labute approximate surface area is 109 Å². The third-order valence-corrected chi connectivity index (χ3v) is 3.06. The highest BCUT2D eigenvalue weighted by atomic mass is 16.4. The van der Waals surface area contributed by atoms with Gasteiger partial charge in [0.05, 0.1) is 0 Å². The Morgan fingerprint density at radius 2 is 1.72 bits per heavy atom. The fraction of sp³-hybridized carbons (Fsp3) is 0.438. The largest absolute Gasteiger partial charge is 0.478 e. The first kappa shape index (κ1) is 14.5. The zero-order valence-electron chi connectivity index (χ0n) is 11.3. The van der Waals surface area contributed by atoms with Crippen LogP contribution in [0.3, 0.4) is 0 Å². The fourth-order valence-corrected chi connectivity index (χ4v) is 1.80. The van der Waals surface area contributed by atoms with Crippen LogP contribution in [0.2, 0.25) is 0 Å². The maximum Gasteiger partial charge on any atom is 0.330 e.